The lowest BCUT2D eigenvalue weighted by atomic mass is 9.85. The molecule has 1 aliphatic heterocycles. The molecule has 0 radical (unpaired) electrons. The van der Waals surface area contributed by atoms with E-state index in [0.29, 0.717) is 5.56 Å². The van der Waals surface area contributed by atoms with Crippen molar-refractivity contribution in [3.63, 3.8) is 0 Å². The van der Waals surface area contributed by atoms with Crippen LogP contribution >= 0.6 is 0 Å². The summed E-state index contributed by atoms with van der Waals surface area (Å²) in [6, 6.07) is 15.9. The molecule has 0 saturated carbocycles. The number of allylic oxidation sites excluding steroid dienone is 1. The Hall–Kier alpha value is -2.55. The lowest BCUT2D eigenvalue weighted by Crippen LogP contribution is -2.43. The van der Waals surface area contributed by atoms with E-state index in [9.17, 15) is 4.79 Å². The highest BCUT2D eigenvalue weighted by molar-refractivity contribution is 6.08. The number of fused-ring (bicyclic) bond motifs is 1. The maximum atomic E-state index is 12.6. The van der Waals surface area contributed by atoms with Gasteiger partial charge in [0.15, 0.2) is 5.78 Å². The standard InChI is InChI=1S/C21H24N2O/c1-21(2)14-16-10-11-17(23(3)4)12-18(16)19(22-21)13-20(24)15-8-6-5-7-9-15/h5-13,22H,14H2,1-4H3. The predicted molar refractivity (Wildman–Crippen MR) is 100 cm³/mol. The Morgan fingerprint density at radius 3 is 2.50 bits per heavy atom. The summed E-state index contributed by atoms with van der Waals surface area (Å²) in [6.45, 7) is 4.33. The first-order valence-corrected chi connectivity index (χ1v) is 8.26. The Morgan fingerprint density at radius 1 is 1.12 bits per heavy atom. The highest BCUT2D eigenvalue weighted by atomic mass is 16.1. The van der Waals surface area contributed by atoms with Crippen molar-refractivity contribution in [2.75, 3.05) is 19.0 Å². The van der Waals surface area contributed by atoms with Crippen LogP contribution in [0.15, 0.2) is 54.6 Å². The van der Waals surface area contributed by atoms with Crippen LogP contribution in [0.1, 0.15) is 35.3 Å². The normalized spacial score (nSPS) is 17.1. The summed E-state index contributed by atoms with van der Waals surface area (Å²) in [5.74, 6) is 0.0250. The molecule has 1 aliphatic rings. The van der Waals surface area contributed by atoms with Crippen LogP contribution in [0.25, 0.3) is 5.70 Å². The molecule has 1 heterocycles. The second kappa shape index (κ2) is 6.16. The molecule has 0 saturated heterocycles. The smallest absolute Gasteiger partial charge is 0.187 e. The van der Waals surface area contributed by atoms with Crippen LogP contribution in [0.4, 0.5) is 5.69 Å². The number of nitrogens with one attached hydrogen (secondary N) is 1. The Morgan fingerprint density at radius 2 is 1.83 bits per heavy atom. The van der Waals surface area contributed by atoms with Crippen LogP contribution in [0.5, 0.6) is 0 Å². The summed E-state index contributed by atoms with van der Waals surface area (Å²) in [5, 5.41) is 3.54. The van der Waals surface area contributed by atoms with Gasteiger partial charge in [0.05, 0.1) is 0 Å². The Kier molecular flexibility index (Phi) is 4.18. The van der Waals surface area contributed by atoms with E-state index in [2.05, 4.69) is 42.3 Å². The molecular weight excluding hydrogens is 296 g/mol. The van der Waals surface area contributed by atoms with E-state index in [1.165, 1.54) is 5.56 Å². The lowest BCUT2D eigenvalue weighted by Gasteiger charge is -2.36. The zero-order valence-corrected chi connectivity index (χ0v) is 14.8. The Balaban J connectivity index is 2.06. The van der Waals surface area contributed by atoms with Crippen molar-refractivity contribution in [2.45, 2.75) is 25.8 Å². The largest absolute Gasteiger partial charge is 0.379 e. The topological polar surface area (TPSA) is 32.3 Å². The van der Waals surface area contributed by atoms with Gasteiger partial charge in [-0.1, -0.05) is 36.4 Å². The van der Waals surface area contributed by atoms with E-state index in [1.807, 2.05) is 44.4 Å². The molecule has 0 fully saturated rings. The van der Waals surface area contributed by atoms with Gasteiger partial charge in [0.2, 0.25) is 0 Å². The molecule has 3 heteroatoms. The van der Waals surface area contributed by atoms with E-state index in [0.717, 1.165) is 23.4 Å². The summed E-state index contributed by atoms with van der Waals surface area (Å²) < 4.78 is 0. The van der Waals surface area contributed by atoms with Crippen molar-refractivity contribution in [1.82, 2.24) is 5.32 Å². The summed E-state index contributed by atoms with van der Waals surface area (Å²) in [6.07, 6.45) is 2.67. The van der Waals surface area contributed by atoms with Crippen molar-refractivity contribution in [3.8, 4) is 0 Å². The molecule has 2 aromatic rings. The third-order valence-electron chi connectivity index (χ3n) is 4.34. The zero-order chi connectivity index (χ0) is 17.3. The molecule has 3 rings (SSSR count). The van der Waals surface area contributed by atoms with Crippen molar-refractivity contribution >= 4 is 17.2 Å². The number of ketones is 1. The molecule has 0 spiro atoms. The number of hydrogen-bond donors (Lipinski definition) is 1. The van der Waals surface area contributed by atoms with Crippen molar-refractivity contribution in [1.29, 1.82) is 0 Å². The van der Waals surface area contributed by atoms with E-state index in [-0.39, 0.29) is 11.3 Å². The highest BCUT2D eigenvalue weighted by Crippen LogP contribution is 2.32. The summed E-state index contributed by atoms with van der Waals surface area (Å²) in [4.78, 5) is 14.7. The fraction of sp³-hybridized carbons (Fsp3) is 0.286. The zero-order valence-electron chi connectivity index (χ0n) is 14.8. The molecule has 1 N–H and O–H groups in total. The predicted octanol–water partition coefficient (Wildman–Crippen LogP) is 3.90. The number of anilines is 1. The molecule has 0 unspecified atom stereocenters. The molecule has 0 aliphatic carbocycles. The van der Waals surface area contributed by atoms with Gasteiger partial charge in [-0.15, -0.1) is 0 Å². The van der Waals surface area contributed by atoms with Crippen molar-refractivity contribution in [3.05, 3.63) is 71.3 Å². The molecule has 0 amide bonds. The Bertz CT molecular complexity index is 789. The fourth-order valence-electron chi connectivity index (χ4n) is 3.13. The van der Waals surface area contributed by atoms with E-state index in [1.54, 1.807) is 6.08 Å². The van der Waals surface area contributed by atoms with Gasteiger partial charge < -0.3 is 10.2 Å². The number of nitrogens with zero attached hydrogens (tertiary/aromatic N) is 1. The second-order valence-electron chi connectivity index (χ2n) is 7.21. The van der Waals surface area contributed by atoms with Crippen LogP contribution in [-0.2, 0) is 6.42 Å². The highest BCUT2D eigenvalue weighted by Gasteiger charge is 2.28. The number of carbonyl (C=O) groups excluding carboxylic acids is 1. The first kappa shape index (κ1) is 16.3. The van der Waals surface area contributed by atoms with Gasteiger partial charge in [0.25, 0.3) is 0 Å². The average Bonchev–Trinajstić information content (AvgIpc) is 2.54. The van der Waals surface area contributed by atoms with E-state index in [4.69, 9.17) is 0 Å². The van der Waals surface area contributed by atoms with Crippen LogP contribution in [0.2, 0.25) is 0 Å². The molecular formula is C21H24N2O. The van der Waals surface area contributed by atoms with Crippen LogP contribution < -0.4 is 10.2 Å². The fourth-order valence-corrected chi connectivity index (χ4v) is 3.13. The minimum Gasteiger partial charge on any atom is -0.379 e. The number of hydrogen-bond acceptors (Lipinski definition) is 3. The van der Waals surface area contributed by atoms with Crippen molar-refractivity contribution < 1.29 is 4.79 Å². The molecule has 0 bridgehead atoms. The van der Waals surface area contributed by atoms with E-state index >= 15 is 0 Å². The first-order chi connectivity index (χ1) is 11.4. The molecule has 0 aromatic heterocycles. The maximum Gasteiger partial charge on any atom is 0.187 e. The number of carbonyl (C=O) groups is 1. The van der Waals surface area contributed by atoms with Gasteiger partial charge in [-0.05, 0) is 38.0 Å². The summed E-state index contributed by atoms with van der Waals surface area (Å²) in [7, 11) is 4.06. The molecule has 124 valence electrons. The SMILES string of the molecule is CN(C)c1ccc2c(c1)C(=CC(=O)c1ccccc1)NC(C)(C)C2. The van der Waals surface area contributed by atoms with Gasteiger partial charge in [0.1, 0.15) is 0 Å². The minimum absolute atomic E-state index is 0.0250. The summed E-state index contributed by atoms with van der Waals surface area (Å²) in [5.41, 5.74) is 5.06. The quantitative estimate of drug-likeness (QED) is 0.687. The number of rotatable bonds is 3. The van der Waals surface area contributed by atoms with Gasteiger partial charge in [-0.25, -0.2) is 0 Å². The van der Waals surface area contributed by atoms with Crippen molar-refractivity contribution in [2.24, 2.45) is 0 Å². The van der Waals surface area contributed by atoms with Gasteiger partial charge in [-0.2, -0.15) is 0 Å². The van der Waals surface area contributed by atoms with Crippen LogP contribution in [0.3, 0.4) is 0 Å². The third-order valence-corrected chi connectivity index (χ3v) is 4.34. The van der Waals surface area contributed by atoms with Gasteiger partial charge in [-0.3, -0.25) is 4.79 Å². The Labute approximate surface area is 144 Å². The third kappa shape index (κ3) is 3.35. The molecule has 24 heavy (non-hydrogen) atoms. The average molecular weight is 320 g/mol. The van der Waals surface area contributed by atoms with Crippen LogP contribution in [-0.4, -0.2) is 25.4 Å². The maximum absolute atomic E-state index is 12.6. The molecule has 2 aromatic carbocycles. The molecule has 3 nitrogen and oxygen atoms in total. The monoisotopic (exact) mass is 320 g/mol. The second-order valence-corrected chi connectivity index (χ2v) is 7.21. The molecule has 0 atom stereocenters. The van der Waals surface area contributed by atoms with Crippen LogP contribution in [0, 0.1) is 0 Å². The summed E-state index contributed by atoms with van der Waals surface area (Å²) >= 11 is 0. The first-order valence-electron chi connectivity index (χ1n) is 8.26. The van der Waals surface area contributed by atoms with Gasteiger partial charge in [0, 0.05) is 48.2 Å². The van der Waals surface area contributed by atoms with E-state index < -0.39 is 0 Å². The lowest BCUT2D eigenvalue weighted by molar-refractivity contribution is 0.104. The van der Waals surface area contributed by atoms with Gasteiger partial charge >= 0.3 is 0 Å². The number of benzene rings is 2. The minimum atomic E-state index is -0.0740.